The molecule has 0 atom stereocenters. The summed E-state index contributed by atoms with van der Waals surface area (Å²) in [5, 5.41) is 0. The SMILES string of the molecule is CC(C)Cc1nc(-c2cc(F)cc(F)c2)[nH]c(=O)c1I. The Morgan fingerprint density at radius 2 is 1.85 bits per heavy atom. The van der Waals surface area contributed by atoms with Crippen LogP contribution in [0.15, 0.2) is 23.0 Å². The molecule has 0 aliphatic carbocycles. The van der Waals surface area contributed by atoms with E-state index in [1.807, 2.05) is 36.4 Å². The molecule has 0 unspecified atom stereocenters. The summed E-state index contributed by atoms with van der Waals surface area (Å²) in [6.07, 6.45) is 0.632. The number of nitrogens with one attached hydrogen (secondary N) is 1. The van der Waals surface area contributed by atoms with Gasteiger partial charge in [0.15, 0.2) is 0 Å². The highest BCUT2D eigenvalue weighted by Gasteiger charge is 2.13. The summed E-state index contributed by atoms with van der Waals surface area (Å²) in [6.45, 7) is 4.03. The molecular weight excluding hydrogens is 377 g/mol. The van der Waals surface area contributed by atoms with E-state index in [2.05, 4.69) is 9.97 Å². The first-order valence-electron chi connectivity index (χ1n) is 6.12. The number of nitrogens with zero attached hydrogens (tertiary/aromatic N) is 1. The van der Waals surface area contributed by atoms with Gasteiger partial charge in [0.2, 0.25) is 0 Å². The molecule has 1 N–H and O–H groups in total. The van der Waals surface area contributed by atoms with E-state index < -0.39 is 11.6 Å². The number of halogens is 3. The van der Waals surface area contributed by atoms with Crippen molar-refractivity contribution < 1.29 is 8.78 Å². The van der Waals surface area contributed by atoms with Crippen molar-refractivity contribution in [3.05, 3.63) is 49.5 Å². The summed E-state index contributed by atoms with van der Waals surface area (Å²) >= 11 is 1.93. The van der Waals surface area contributed by atoms with Crippen molar-refractivity contribution in [2.75, 3.05) is 0 Å². The Labute approximate surface area is 128 Å². The molecular formula is C14H13F2IN2O. The van der Waals surface area contributed by atoms with Crippen molar-refractivity contribution in [1.29, 1.82) is 0 Å². The quantitative estimate of drug-likeness (QED) is 0.816. The first-order valence-corrected chi connectivity index (χ1v) is 7.20. The van der Waals surface area contributed by atoms with Gasteiger partial charge < -0.3 is 4.98 Å². The number of benzene rings is 1. The number of rotatable bonds is 3. The van der Waals surface area contributed by atoms with E-state index in [-0.39, 0.29) is 16.9 Å². The van der Waals surface area contributed by atoms with Crippen LogP contribution >= 0.6 is 22.6 Å². The van der Waals surface area contributed by atoms with Gasteiger partial charge in [0.1, 0.15) is 17.5 Å². The van der Waals surface area contributed by atoms with Crippen molar-refractivity contribution in [1.82, 2.24) is 9.97 Å². The average Bonchev–Trinajstić information content (AvgIpc) is 2.32. The van der Waals surface area contributed by atoms with E-state index >= 15 is 0 Å². The Morgan fingerprint density at radius 1 is 1.25 bits per heavy atom. The molecule has 2 aromatic rings. The van der Waals surface area contributed by atoms with Gasteiger partial charge in [-0.15, -0.1) is 0 Å². The van der Waals surface area contributed by atoms with Gasteiger partial charge in [0.25, 0.3) is 5.56 Å². The summed E-state index contributed by atoms with van der Waals surface area (Å²) in [4.78, 5) is 18.8. The lowest BCUT2D eigenvalue weighted by molar-refractivity contribution is 0.583. The fraction of sp³-hybridized carbons (Fsp3) is 0.286. The highest BCUT2D eigenvalue weighted by Crippen LogP contribution is 2.19. The molecule has 1 heterocycles. The first-order chi connectivity index (χ1) is 9.36. The number of hydrogen-bond donors (Lipinski definition) is 1. The van der Waals surface area contributed by atoms with Crippen LogP contribution in [0.2, 0.25) is 0 Å². The molecule has 0 aliphatic heterocycles. The van der Waals surface area contributed by atoms with Crippen LogP contribution in [0.3, 0.4) is 0 Å². The lowest BCUT2D eigenvalue weighted by Crippen LogP contribution is -2.17. The van der Waals surface area contributed by atoms with E-state index in [1.54, 1.807) is 0 Å². The maximum absolute atomic E-state index is 13.2. The lowest BCUT2D eigenvalue weighted by atomic mass is 10.1. The molecule has 0 fully saturated rings. The lowest BCUT2D eigenvalue weighted by Gasteiger charge is -2.09. The number of H-pyrrole nitrogens is 1. The summed E-state index contributed by atoms with van der Waals surface area (Å²) in [7, 11) is 0. The van der Waals surface area contributed by atoms with Crippen molar-refractivity contribution >= 4 is 22.6 Å². The van der Waals surface area contributed by atoms with Crippen LogP contribution in [0.5, 0.6) is 0 Å². The normalized spacial score (nSPS) is 11.1. The molecule has 0 radical (unpaired) electrons. The van der Waals surface area contributed by atoms with Crippen LogP contribution in [0.1, 0.15) is 19.5 Å². The van der Waals surface area contributed by atoms with E-state index in [9.17, 15) is 13.6 Å². The molecule has 0 bridgehead atoms. The summed E-state index contributed by atoms with van der Waals surface area (Å²) in [6, 6.07) is 3.07. The maximum atomic E-state index is 13.2. The van der Waals surface area contributed by atoms with Crippen LogP contribution < -0.4 is 5.56 Å². The van der Waals surface area contributed by atoms with Gasteiger partial charge in [0, 0.05) is 11.6 Å². The number of aromatic amines is 1. The Morgan fingerprint density at radius 3 is 2.40 bits per heavy atom. The molecule has 0 saturated carbocycles. The van der Waals surface area contributed by atoms with Gasteiger partial charge in [-0.2, -0.15) is 0 Å². The van der Waals surface area contributed by atoms with Gasteiger partial charge in [-0.3, -0.25) is 4.79 Å². The van der Waals surface area contributed by atoms with Crippen LogP contribution in [0, 0.1) is 21.1 Å². The molecule has 1 aromatic carbocycles. The third-order valence-corrected chi connectivity index (χ3v) is 3.78. The van der Waals surface area contributed by atoms with Crippen molar-refractivity contribution in [2.45, 2.75) is 20.3 Å². The molecule has 3 nitrogen and oxygen atoms in total. The second-order valence-electron chi connectivity index (χ2n) is 4.93. The molecule has 1 aromatic heterocycles. The van der Waals surface area contributed by atoms with Gasteiger partial charge in [-0.25, -0.2) is 13.8 Å². The van der Waals surface area contributed by atoms with Crippen LogP contribution in [-0.4, -0.2) is 9.97 Å². The fourth-order valence-electron chi connectivity index (χ4n) is 1.85. The van der Waals surface area contributed by atoms with E-state index in [1.165, 1.54) is 0 Å². The minimum Gasteiger partial charge on any atom is -0.306 e. The zero-order valence-corrected chi connectivity index (χ0v) is 13.2. The standard InChI is InChI=1S/C14H13F2IN2O/c1-7(2)3-11-12(17)14(20)19-13(18-11)8-4-9(15)6-10(16)5-8/h4-7H,3H2,1-2H3,(H,18,19,20). The predicted octanol–water partition coefficient (Wildman–Crippen LogP) is 3.52. The molecule has 0 saturated heterocycles. The predicted molar refractivity (Wildman–Crippen MR) is 81.5 cm³/mol. The summed E-state index contributed by atoms with van der Waals surface area (Å²) in [5.41, 5.74) is 0.570. The Kier molecular flexibility index (Phi) is 4.52. The highest BCUT2D eigenvalue weighted by atomic mass is 127. The second-order valence-corrected chi connectivity index (χ2v) is 6.01. The fourth-order valence-corrected chi connectivity index (χ4v) is 2.33. The minimum atomic E-state index is -0.702. The van der Waals surface area contributed by atoms with Gasteiger partial charge in [-0.1, -0.05) is 13.8 Å². The first kappa shape index (κ1) is 15.1. The Bertz CT molecular complexity index is 678. The number of aromatic nitrogens is 2. The molecule has 2 rings (SSSR count). The van der Waals surface area contributed by atoms with Gasteiger partial charge in [-0.05, 0) is 47.1 Å². The van der Waals surface area contributed by atoms with Crippen LogP contribution in [-0.2, 0) is 6.42 Å². The monoisotopic (exact) mass is 390 g/mol. The molecule has 106 valence electrons. The van der Waals surface area contributed by atoms with Gasteiger partial charge in [0.05, 0.1) is 9.26 Å². The zero-order valence-electron chi connectivity index (χ0n) is 11.0. The topological polar surface area (TPSA) is 45.8 Å². The van der Waals surface area contributed by atoms with Crippen LogP contribution in [0.4, 0.5) is 8.78 Å². The smallest absolute Gasteiger partial charge is 0.264 e. The molecule has 0 spiro atoms. The minimum absolute atomic E-state index is 0.185. The zero-order chi connectivity index (χ0) is 14.9. The van der Waals surface area contributed by atoms with Crippen molar-refractivity contribution in [2.24, 2.45) is 5.92 Å². The van der Waals surface area contributed by atoms with Crippen molar-refractivity contribution in [3.8, 4) is 11.4 Å². The third kappa shape index (κ3) is 3.41. The van der Waals surface area contributed by atoms with Crippen LogP contribution in [0.25, 0.3) is 11.4 Å². The second kappa shape index (κ2) is 5.99. The van der Waals surface area contributed by atoms with E-state index in [0.29, 0.717) is 21.6 Å². The molecule has 0 amide bonds. The average molecular weight is 390 g/mol. The molecule has 6 heteroatoms. The van der Waals surface area contributed by atoms with E-state index in [0.717, 1.165) is 18.2 Å². The van der Waals surface area contributed by atoms with Crippen molar-refractivity contribution in [3.63, 3.8) is 0 Å². The Hall–Kier alpha value is -1.31. The largest absolute Gasteiger partial charge is 0.306 e. The third-order valence-electron chi connectivity index (χ3n) is 2.67. The highest BCUT2D eigenvalue weighted by molar-refractivity contribution is 14.1. The molecule has 20 heavy (non-hydrogen) atoms. The Balaban J connectivity index is 2.57. The number of hydrogen-bond acceptors (Lipinski definition) is 2. The summed E-state index contributed by atoms with van der Waals surface area (Å²) in [5.74, 6) is -0.891. The maximum Gasteiger partial charge on any atom is 0.264 e. The molecule has 0 aliphatic rings. The van der Waals surface area contributed by atoms with E-state index in [4.69, 9.17) is 0 Å². The van der Waals surface area contributed by atoms with Gasteiger partial charge >= 0.3 is 0 Å². The summed E-state index contributed by atoms with van der Waals surface area (Å²) < 4.78 is 27.0.